The van der Waals surface area contributed by atoms with E-state index in [0.29, 0.717) is 10.5 Å². The number of carbonyl (C=O) groups excluding carboxylic acids is 1. The molecule has 0 amide bonds. The predicted octanol–water partition coefficient (Wildman–Crippen LogP) is 1.80. The van der Waals surface area contributed by atoms with E-state index in [-0.39, 0.29) is 0 Å². The van der Waals surface area contributed by atoms with E-state index in [4.69, 9.17) is 11.6 Å². The van der Waals surface area contributed by atoms with Gasteiger partial charge in [-0.3, -0.25) is 4.79 Å². The van der Waals surface area contributed by atoms with Crippen LogP contribution in [0.25, 0.3) is 0 Å². The Morgan fingerprint density at radius 3 is 2.50 bits per heavy atom. The number of rotatable bonds is 2. The summed E-state index contributed by atoms with van der Waals surface area (Å²) in [5.41, 5.74) is 0.319. The van der Waals surface area contributed by atoms with Crippen LogP contribution in [0.4, 0.5) is 0 Å². The van der Waals surface area contributed by atoms with Crippen LogP contribution in [-0.4, -0.2) is 16.1 Å². The van der Waals surface area contributed by atoms with Crippen LogP contribution in [0.5, 0.6) is 0 Å². The largest absolute Gasteiger partial charge is 0.612 e. The van der Waals surface area contributed by atoms with Gasteiger partial charge in [0.2, 0.25) is 0 Å². The van der Waals surface area contributed by atoms with Crippen LogP contribution in [0.1, 0.15) is 10.4 Å². The molecule has 0 N–H and O–H groups in total. The van der Waals surface area contributed by atoms with Gasteiger partial charge in [0.15, 0.2) is 4.90 Å². The molecule has 1 unspecified atom stereocenters. The highest BCUT2D eigenvalue weighted by molar-refractivity contribution is 7.90. The average molecular weight is 203 g/mol. The van der Waals surface area contributed by atoms with Crippen LogP contribution in [0.2, 0.25) is 0 Å². The topological polar surface area (TPSA) is 40.1 Å². The van der Waals surface area contributed by atoms with E-state index >= 15 is 0 Å². The quantitative estimate of drug-likeness (QED) is 0.542. The summed E-state index contributed by atoms with van der Waals surface area (Å²) in [6.45, 7) is 0. The van der Waals surface area contributed by atoms with Crippen LogP contribution in [0, 0.1) is 0 Å². The highest BCUT2D eigenvalue weighted by atomic mass is 35.5. The maximum atomic E-state index is 11.1. The van der Waals surface area contributed by atoms with Gasteiger partial charge < -0.3 is 4.55 Å². The van der Waals surface area contributed by atoms with Gasteiger partial charge in [-0.15, -0.1) is 0 Å². The van der Waals surface area contributed by atoms with Gasteiger partial charge in [-0.1, -0.05) is 12.1 Å². The fraction of sp³-hybridized carbons (Fsp3) is 0.125. The Balaban J connectivity index is 3.17. The molecular formula is C8H7ClO2S. The molecule has 64 valence electrons. The fourth-order valence-corrected chi connectivity index (χ4v) is 1.84. The lowest BCUT2D eigenvalue weighted by Crippen LogP contribution is -2.03. The molecule has 4 heteroatoms. The molecule has 0 aliphatic carbocycles. The van der Waals surface area contributed by atoms with Gasteiger partial charge in [0.25, 0.3) is 5.24 Å². The first-order valence-electron chi connectivity index (χ1n) is 3.25. The second-order valence-corrected chi connectivity index (χ2v) is 3.92. The molecule has 0 aromatic heterocycles. The van der Waals surface area contributed by atoms with Crippen LogP contribution in [-0.2, 0) is 11.2 Å². The number of halogens is 1. The minimum atomic E-state index is -1.17. The normalized spacial score (nSPS) is 12.6. The van der Waals surface area contributed by atoms with Crippen molar-refractivity contribution in [1.29, 1.82) is 0 Å². The van der Waals surface area contributed by atoms with Crippen LogP contribution in [0.3, 0.4) is 0 Å². The van der Waals surface area contributed by atoms with Gasteiger partial charge in [-0.2, -0.15) is 0 Å². The lowest BCUT2D eigenvalue weighted by Gasteiger charge is -2.06. The van der Waals surface area contributed by atoms with Crippen LogP contribution >= 0.6 is 11.6 Å². The van der Waals surface area contributed by atoms with Gasteiger partial charge in [0, 0.05) is 0 Å². The Labute approximate surface area is 78.7 Å². The third kappa shape index (κ3) is 2.00. The summed E-state index contributed by atoms with van der Waals surface area (Å²) >= 11 is 4.11. The SMILES string of the molecule is C[S+]([O-])c1ccccc1C(=O)Cl. The Bertz CT molecular complexity index is 299. The van der Waals surface area contributed by atoms with Crippen molar-refractivity contribution < 1.29 is 9.35 Å². The summed E-state index contributed by atoms with van der Waals surface area (Å²) in [5, 5.41) is -0.569. The maximum absolute atomic E-state index is 11.1. The molecule has 12 heavy (non-hydrogen) atoms. The minimum Gasteiger partial charge on any atom is -0.612 e. The zero-order valence-electron chi connectivity index (χ0n) is 6.41. The van der Waals surface area contributed by atoms with E-state index in [1.165, 1.54) is 6.26 Å². The lowest BCUT2D eigenvalue weighted by atomic mass is 10.2. The summed E-state index contributed by atoms with van der Waals surface area (Å²) in [4.78, 5) is 11.3. The molecule has 0 radical (unpaired) electrons. The first-order valence-corrected chi connectivity index (χ1v) is 5.19. The molecule has 0 heterocycles. The molecule has 1 atom stereocenters. The van der Waals surface area contributed by atoms with Gasteiger partial charge in [0.1, 0.15) is 6.26 Å². The van der Waals surface area contributed by atoms with Gasteiger partial charge in [-0.25, -0.2) is 0 Å². The van der Waals surface area contributed by atoms with E-state index < -0.39 is 16.4 Å². The van der Waals surface area contributed by atoms with E-state index in [0.717, 1.165) is 0 Å². The third-order valence-electron chi connectivity index (χ3n) is 1.41. The van der Waals surface area contributed by atoms with E-state index in [2.05, 4.69) is 0 Å². The summed E-state index contributed by atoms with van der Waals surface area (Å²) in [7, 11) is 0. The van der Waals surface area contributed by atoms with Crippen molar-refractivity contribution >= 4 is 28.0 Å². The standard InChI is InChI=1S/C8H7ClO2S/c1-12(11)7-5-3-2-4-6(7)8(9)10/h2-5H,1H3. The third-order valence-corrected chi connectivity index (χ3v) is 2.59. The molecule has 1 aromatic carbocycles. The van der Waals surface area contributed by atoms with Gasteiger partial charge in [-0.05, 0) is 34.9 Å². The van der Waals surface area contributed by atoms with E-state index in [9.17, 15) is 9.35 Å². The molecular weight excluding hydrogens is 196 g/mol. The maximum Gasteiger partial charge on any atom is 0.257 e. The Hall–Kier alpha value is -0.510. The minimum absolute atomic E-state index is 0.319. The zero-order valence-corrected chi connectivity index (χ0v) is 7.98. The van der Waals surface area contributed by atoms with Gasteiger partial charge >= 0.3 is 0 Å². The molecule has 0 saturated heterocycles. The highest BCUT2D eigenvalue weighted by Gasteiger charge is 2.14. The smallest absolute Gasteiger partial charge is 0.257 e. The van der Waals surface area contributed by atoms with Crippen molar-refractivity contribution in [2.45, 2.75) is 4.90 Å². The van der Waals surface area contributed by atoms with Gasteiger partial charge in [0.05, 0.1) is 5.56 Å². The zero-order chi connectivity index (χ0) is 9.14. The monoisotopic (exact) mass is 202 g/mol. The second-order valence-electron chi connectivity index (χ2n) is 2.22. The van der Waals surface area contributed by atoms with Crippen LogP contribution in [0.15, 0.2) is 29.2 Å². The number of benzene rings is 1. The molecule has 2 nitrogen and oxygen atoms in total. The molecule has 0 aliphatic rings. The van der Waals surface area contributed by atoms with E-state index in [1.807, 2.05) is 0 Å². The van der Waals surface area contributed by atoms with Crippen LogP contribution < -0.4 is 0 Å². The second kappa shape index (κ2) is 3.94. The Morgan fingerprint density at radius 2 is 2.08 bits per heavy atom. The molecule has 1 rings (SSSR count). The lowest BCUT2D eigenvalue weighted by molar-refractivity contribution is 0.107. The first kappa shape index (κ1) is 9.58. The number of hydrogen-bond donors (Lipinski definition) is 0. The highest BCUT2D eigenvalue weighted by Crippen LogP contribution is 2.16. The number of carbonyl (C=O) groups is 1. The molecule has 0 aliphatic heterocycles. The number of hydrogen-bond acceptors (Lipinski definition) is 2. The summed E-state index contributed by atoms with van der Waals surface area (Å²) in [5.74, 6) is 0. The van der Waals surface area contributed by atoms with Crippen molar-refractivity contribution in [2.75, 3.05) is 6.26 Å². The van der Waals surface area contributed by atoms with Crippen molar-refractivity contribution in [3.63, 3.8) is 0 Å². The summed E-state index contributed by atoms with van der Waals surface area (Å²) in [6.07, 6.45) is 1.51. The first-order chi connectivity index (χ1) is 5.63. The summed E-state index contributed by atoms with van der Waals surface area (Å²) in [6, 6.07) is 6.60. The molecule has 1 aromatic rings. The predicted molar refractivity (Wildman–Crippen MR) is 49.0 cm³/mol. The fourth-order valence-electron chi connectivity index (χ4n) is 0.880. The molecule has 0 fully saturated rings. The average Bonchev–Trinajstić information content (AvgIpc) is 2.04. The van der Waals surface area contributed by atoms with Crippen molar-refractivity contribution in [3.05, 3.63) is 29.8 Å². The van der Waals surface area contributed by atoms with Crippen molar-refractivity contribution in [1.82, 2.24) is 0 Å². The Morgan fingerprint density at radius 1 is 1.50 bits per heavy atom. The molecule has 0 bridgehead atoms. The van der Waals surface area contributed by atoms with Crippen molar-refractivity contribution in [2.24, 2.45) is 0 Å². The summed E-state index contributed by atoms with van der Waals surface area (Å²) < 4.78 is 11.1. The molecule has 0 spiro atoms. The Kier molecular flexibility index (Phi) is 3.14. The molecule has 0 saturated carbocycles. The van der Waals surface area contributed by atoms with Crippen molar-refractivity contribution in [3.8, 4) is 0 Å². The van der Waals surface area contributed by atoms with E-state index in [1.54, 1.807) is 24.3 Å².